The summed E-state index contributed by atoms with van der Waals surface area (Å²) in [5.41, 5.74) is 2.07. The number of anilines is 2. The molecular weight excluding hydrogens is 348 g/mol. The summed E-state index contributed by atoms with van der Waals surface area (Å²) in [7, 11) is 0. The molecule has 0 aliphatic carbocycles. The molecule has 2 aromatic rings. The minimum absolute atomic E-state index is 0.231. The van der Waals surface area contributed by atoms with E-state index in [2.05, 4.69) is 34.2 Å². The van der Waals surface area contributed by atoms with Gasteiger partial charge < -0.3 is 10.2 Å². The molecule has 110 valence electrons. The summed E-state index contributed by atoms with van der Waals surface area (Å²) in [5, 5.41) is 3.42. The fourth-order valence-corrected chi connectivity index (χ4v) is 4.02. The Morgan fingerprint density at radius 3 is 2.67 bits per heavy atom. The Hall–Kier alpha value is -1.33. The third-order valence-corrected chi connectivity index (χ3v) is 5.76. The maximum Gasteiger partial charge on any atom is 0.227 e. The summed E-state index contributed by atoms with van der Waals surface area (Å²) in [5.74, 6) is 0.231. The summed E-state index contributed by atoms with van der Waals surface area (Å²) in [6, 6.07) is 10.3. The lowest BCUT2D eigenvalue weighted by Crippen LogP contribution is -2.23. The summed E-state index contributed by atoms with van der Waals surface area (Å²) >= 11 is 5.34. The predicted molar refractivity (Wildman–Crippen MR) is 92.1 cm³/mol. The van der Waals surface area contributed by atoms with E-state index in [-0.39, 0.29) is 5.91 Å². The highest BCUT2D eigenvalue weighted by Gasteiger charge is 2.21. The van der Waals surface area contributed by atoms with Crippen LogP contribution >= 0.6 is 27.3 Å². The second kappa shape index (κ2) is 6.20. The highest BCUT2D eigenvalue weighted by Crippen LogP contribution is 2.27. The Morgan fingerprint density at radius 1 is 1.33 bits per heavy atom. The van der Waals surface area contributed by atoms with Crippen LogP contribution in [0.1, 0.15) is 22.6 Å². The Bertz CT molecular complexity index is 631. The number of hydrogen-bond donors (Lipinski definition) is 1. The smallest absolute Gasteiger partial charge is 0.227 e. The Morgan fingerprint density at radius 2 is 2.10 bits per heavy atom. The van der Waals surface area contributed by atoms with Gasteiger partial charge in [0, 0.05) is 45.1 Å². The minimum atomic E-state index is 0.231. The first-order valence-electron chi connectivity index (χ1n) is 7.02. The van der Waals surface area contributed by atoms with Gasteiger partial charge in [-0.1, -0.05) is 0 Å². The highest BCUT2D eigenvalue weighted by molar-refractivity contribution is 9.10. The fraction of sp³-hybridized carbons (Fsp3) is 0.312. The Kier molecular flexibility index (Phi) is 4.31. The lowest BCUT2D eigenvalue weighted by atomic mass is 10.2. The van der Waals surface area contributed by atoms with Crippen molar-refractivity contribution in [2.24, 2.45) is 0 Å². The van der Waals surface area contributed by atoms with E-state index in [1.165, 1.54) is 14.2 Å². The lowest BCUT2D eigenvalue weighted by Gasteiger charge is -2.16. The van der Waals surface area contributed by atoms with Crippen LogP contribution in [0.3, 0.4) is 0 Å². The van der Waals surface area contributed by atoms with Gasteiger partial charge in [0.05, 0.1) is 0 Å². The molecule has 2 heterocycles. The SMILES string of the molecule is Cc1sc(CNc2ccc(N3CCCC3=O)cc2)cc1Br. The molecule has 0 spiro atoms. The fourth-order valence-electron chi connectivity index (χ4n) is 2.47. The third kappa shape index (κ3) is 3.30. The van der Waals surface area contributed by atoms with Gasteiger partial charge in [0.2, 0.25) is 5.91 Å². The van der Waals surface area contributed by atoms with Gasteiger partial charge in [-0.2, -0.15) is 0 Å². The lowest BCUT2D eigenvalue weighted by molar-refractivity contribution is -0.117. The van der Waals surface area contributed by atoms with Crippen molar-refractivity contribution in [2.75, 3.05) is 16.8 Å². The second-order valence-electron chi connectivity index (χ2n) is 5.17. The van der Waals surface area contributed by atoms with Crippen molar-refractivity contribution in [1.29, 1.82) is 0 Å². The average molecular weight is 365 g/mol. The van der Waals surface area contributed by atoms with Gasteiger partial charge in [-0.05, 0) is 59.6 Å². The van der Waals surface area contributed by atoms with Gasteiger partial charge in [-0.3, -0.25) is 4.79 Å². The number of thiophene rings is 1. The van der Waals surface area contributed by atoms with Crippen LogP contribution in [0.25, 0.3) is 0 Å². The number of nitrogens with one attached hydrogen (secondary N) is 1. The van der Waals surface area contributed by atoms with Crippen molar-refractivity contribution in [2.45, 2.75) is 26.3 Å². The first kappa shape index (κ1) is 14.6. The van der Waals surface area contributed by atoms with E-state index in [0.717, 1.165) is 30.9 Å². The van der Waals surface area contributed by atoms with Crippen LogP contribution < -0.4 is 10.2 Å². The van der Waals surface area contributed by atoms with E-state index >= 15 is 0 Å². The first-order chi connectivity index (χ1) is 10.1. The Labute approximate surface area is 137 Å². The van der Waals surface area contributed by atoms with Gasteiger partial charge in [0.15, 0.2) is 0 Å². The number of hydrogen-bond acceptors (Lipinski definition) is 3. The molecule has 1 aliphatic rings. The number of nitrogens with zero attached hydrogens (tertiary/aromatic N) is 1. The molecule has 5 heteroatoms. The van der Waals surface area contributed by atoms with Crippen LogP contribution in [0.15, 0.2) is 34.8 Å². The van der Waals surface area contributed by atoms with E-state index in [4.69, 9.17) is 0 Å². The van der Waals surface area contributed by atoms with Crippen LogP contribution in [-0.4, -0.2) is 12.5 Å². The maximum atomic E-state index is 11.7. The summed E-state index contributed by atoms with van der Waals surface area (Å²) in [6.45, 7) is 3.77. The number of aryl methyl sites for hydroxylation is 1. The molecule has 0 atom stereocenters. The normalized spacial score (nSPS) is 14.8. The summed E-state index contributed by atoms with van der Waals surface area (Å²) in [6.07, 6.45) is 1.64. The van der Waals surface area contributed by atoms with Crippen molar-refractivity contribution >= 4 is 44.5 Å². The number of rotatable bonds is 4. The third-order valence-electron chi connectivity index (χ3n) is 3.63. The Balaban J connectivity index is 1.63. The molecule has 3 rings (SSSR count). The monoisotopic (exact) mass is 364 g/mol. The molecule has 1 N–H and O–H groups in total. The first-order valence-corrected chi connectivity index (χ1v) is 8.63. The predicted octanol–water partition coefficient (Wildman–Crippen LogP) is 4.56. The molecule has 0 bridgehead atoms. The summed E-state index contributed by atoms with van der Waals surface area (Å²) in [4.78, 5) is 16.2. The van der Waals surface area contributed by atoms with Crippen LogP contribution in [0.5, 0.6) is 0 Å². The van der Waals surface area contributed by atoms with Crippen LogP contribution in [0.2, 0.25) is 0 Å². The average Bonchev–Trinajstić information content (AvgIpc) is 3.04. The van der Waals surface area contributed by atoms with Crippen molar-refractivity contribution in [3.63, 3.8) is 0 Å². The quantitative estimate of drug-likeness (QED) is 0.862. The maximum absolute atomic E-state index is 11.7. The van der Waals surface area contributed by atoms with Crippen LogP contribution in [0.4, 0.5) is 11.4 Å². The zero-order valence-electron chi connectivity index (χ0n) is 11.9. The highest BCUT2D eigenvalue weighted by atomic mass is 79.9. The number of carbonyl (C=O) groups is 1. The molecule has 1 amide bonds. The molecule has 1 aromatic heterocycles. The van der Waals surface area contributed by atoms with Gasteiger partial charge in [0.1, 0.15) is 0 Å². The van der Waals surface area contributed by atoms with Crippen molar-refractivity contribution in [3.05, 3.63) is 44.6 Å². The van der Waals surface area contributed by atoms with Gasteiger partial charge in [0.25, 0.3) is 0 Å². The van der Waals surface area contributed by atoms with Gasteiger partial charge in [-0.15, -0.1) is 11.3 Å². The number of amides is 1. The van der Waals surface area contributed by atoms with E-state index in [1.807, 2.05) is 29.2 Å². The number of halogens is 1. The molecule has 1 aliphatic heterocycles. The molecule has 1 saturated heterocycles. The van der Waals surface area contributed by atoms with Gasteiger partial charge in [-0.25, -0.2) is 0 Å². The molecule has 0 saturated carbocycles. The molecule has 3 nitrogen and oxygen atoms in total. The minimum Gasteiger partial charge on any atom is -0.380 e. The summed E-state index contributed by atoms with van der Waals surface area (Å²) < 4.78 is 1.17. The largest absolute Gasteiger partial charge is 0.380 e. The topological polar surface area (TPSA) is 32.3 Å². The van der Waals surface area contributed by atoms with Crippen molar-refractivity contribution in [1.82, 2.24) is 0 Å². The van der Waals surface area contributed by atoms with E-state index in [1.54, 1.807) is 11.3 Å². The molecule has 1 aromatic carbocycles. The standard InChI is InChI=1S/C16H17BrN2OS/c1-11-15(17)9-14(21-11)10-18-12-4-6-13(7-5-12)19-8-2-3-16(19)20/h4-7,9,18H,2-3,8,10H2,1H3. The van der Waals surface area contributed by atoms with Crippen molar-refractivity contribution < 1.29 is 4.79 Å². The van der Waals surface area contributed by atoms with E-state index in [9.17, 15) is 4.79 Å². The van der Waals surface area contributed by atoms with Crippen LogP contribution in [-0.2, 0) is 11.3 Å². The zero-order valence-corrected chi connectivity index (χ0v) is 14.3. The van der Waals surface area contributed by atoms with Crippen LogP contribution in [0, 0.1) is 6.92 Å². The van der Waals surface area contributed by atoms with Gasteiger partial charge >= 0.3 is 0 Å². The molecular formula is C16H17BrN2OS. The number of benzene rings is 1. The number of carbonyl (C=O) groups excluding carboxylic acids is 1. The van der Waals surface area contributed by atoms with E-state index in [0.29, 0.717) is 6.42 Å². The zero-order chi connectivity index (χ0) is 14.8. The molecule has 1 fully saturated rings. The van der Waals surface area contributed by atoms with E-state index < -0.39 is 0 Å². The van der Waals surface area contributed by atoms with Crippen molar-refractivity contribution in [3.8, 4) is 0 Å². The molecule has 0 radical (unpaired) electrons. The second-order valence-corrected chi connectivity index (χ2v) is 7.36. The molecule has 0 unspecified atom stereocenters. The molecule has 21 heavy (non-hydrogen) atoms.